The number of halogens is 1. The van der Waals surface area contributed by atoms with Gasteiger partial charge in [0.25, 0.3) is 0 Å². The molecule has 134 valence electrons. The van der Waals surface area contributed by atoms with Crippen LogP contribution in [-0.4, -0.2) is 50.3 Å². The zero-order valence-electron chi connectivity index (χ0n) is 14.8. The standard InChI is InChI=1S/C16H30N4O2.HI/c1-10(2)19-12(21)9-18-15(17-5)20-13-11-7-6-8-22-14(11)16(13,3)4;/h10-11,13-14H,6-9H2,1-5H3,(H,19,21)(H2,17,18,20);1H. The molecule has 1 amide bonds. The predicted molar refractivity (Wildman–Crippen MR) is 103 cm³/mol. The highest BCUT2D eigenvalue weighted by molar-refractivity contribution is 14.0. The fourth-order valence-electron chi connectivity index (χ4n) is 3.69. The van der Waals surface area contributed by atoms with Gasteiger partial charge in [0.15, 0.2) is 5.96 Å². The molecule has 2 fully saturated rings. The summed E-state index contributed by atoms with van der Waals surface area (Å²) in [6.07, 6.45) is 2.65. The Morgan fingerprint density at radius 1 is 1.39 bits per heavy atom. The molecule has 0 aromatic heterocycles. The zero-order valence-corrected chi connectivity index (χ0v) is 17.1. The van der Waals surface area contributed by atoms with Gasteiger partial charge in [-0.1, -0.05) is 13.8 Å². The molecule has 1 heterocycles. The summed E-state index contributed by atoms with van der Waals surface area (Å²) in [6, 6.07) is 0.479. The maximum absolute atomic E-state index is 11.7. The van der Waals surface area contributed by atoms with E-state index in [9.17, 15) is 4.79 Å². The van der Waals surface area contributed by atoms with E-state index in [0.29, 0.717) is 24.0 Å². The number of hydrogen-bond acceptors (Lipinski definition) is 3. The topological polar surface area (TPSA) is 74.8 Å². The molecule has 0 aromatic carbocycles. The Morgan fingerprint density at radius 2 is 2.09 bits per heavy atom. The third-order valence-electron chi connectivity index (χ3n) is 4.71. The van der Waals surface area contributed by atoms with Gasteiger partial charge in [0, 0.05) is 37.1 Å². The monoisotopic (exact) mass is 438 g/mol. The van der Waals surface area contributed by atoms with E-state index in [2.05, 4.69) is 34.8 Å². The van der Waals surface area contributed by atoms with Crippen molar-refractivity contribution in [2.24, 2.45) is 16.3 Å². The molecule has 0 radical (unpaired) electrons. The van der Waals surface area contributed by atoms with Gasteiger partial charge in [-0.05, 0) is 26.7 Å². The lowest BCUT2D eigenvalue weighted by atomic mass is 9.55. The van der Waals surface area contributed by atoms with Gasteiger partial charge in [0.1, 0.15) is 0 Å². The second kappa shape index (κ2) is 8.50. The summed E-state index contributed by atoms with van der Waals surface area (Å²) in [4.78, 5) is 16.0. The highest BCUT2D eigenvalue weighted by atomic mass is 127. The average Bonchev–Trinajstić information content (AvgIpc) is 2.46. The number of carbonyl (C=O) groups is 1. The van der Waals surface area contributed by atoms with Crippen LogP contribution in [0.4, 0.5) is 0 Å². The number of carbonyl (C=O) groups excluding carboxylic acids is 1. The number of amides is 1. The zero-order chi connectivity index (χ0) is 16.3. The van der Waals surface area contributed by atoms with E-state index in [1.807, 2.05) is 13.8 Å². The second-order valence-electron chi connectivity index (χ2n) is 7.19. The Labute approximate surface area is 156 Å². The molecule has 1 aliphatic heterocycles. The third-order valence-corrected chi connectivity index (χ3v) is 4.71. The van der Waals surface area contributed by atoms with Gasteiger partial charge < -0.3 is 20.7 Å². The number of aliphatic imine (C=N–C) groups is 1. The first-order chi connectivity index (χ1) is 10.4. The van der Waals surface area contributed by atoms with Gasteiger partial charge in [-0.25, -0.2) is 0 Å². The van der Waals surface area contributed by atoms with E-state index in [4.69, 9.17) is 4.74 Å². The van der Waals surface area contributed by atoms with Crippen LogP contribution in [0, 0.1) is 11.3 Å². The second-order valence-corrected chi connectivity index (χ2v) is 7.19. The maximum atomic E-state index is 11.7. The summed E-state index contributed by atoms with van der Waals surface area (Å²) >= 11 is 0. The molecule has 2 rings (SSSR count). The molecule has 3 atom stereocenters. The van der Waals surface area contributed by atoms with Crippen LogP contribution in [-0.2, 0) is 9.53 Å². The van der Waals surface area contributed by atoms with Crippen molar-refractivity contribution in [1.82, 2.24) is 16.0 Å². The highest BCUT2D eigenvalue weighted by Gasteiger charge is 2.58. The van der Waals surface area contributed by atoms with Crippen molar-refractivity contribution in [2.75, 3.05) is 20.2 Å². The first-order valence-corrected chi connectivity index (χ1v) is 8.24. The fraction of sp³-hybridized carbons (Fsp3) is 0.875. The van der Waals surface area contributed by atoms with Gasteiger partial charge in [-0.15, -0.1) is 24.0 Å². The van der Waals surface area contributed by atoms with Gasteiger partial charge in [0.2, 0.25) is 5.91 Å². The molecular formula is C16H31IN4O2. The van der Waals surface area contributed by atoms with Crippen LogP contribution in [0.25, 0.3) is 0 Å². The molecule has 3 N–H and O–H groups in total. The minimum absolute atomic E-state index is 0. The van der Waals surface area contributed by atoms with E-state index in [1.54, 1.807) is 7.05 Å². The van der Waals surface area contributed by atoms with E-state index in [-0.39, 0.29) is 47.9 Å². The van der Waals surface area contributed by atoms with E-state index < -0.39 is 0 Å². The molecule has 1 aliphatic carbocycles. The van der Waals surface area contributed by atoms with Crippen molar-refractivity contribution in [3.63, 3.8) is 0 Å². The van der Waals surface area contributed by atoms with Gasteiger partial charge >= 0.3 is 0 Å². The van der Waals surface area contributed by atoms with Crippen molar-refractivity contribution in [2.45, 2.75) is 58.7 Å². The Balaban J connectivity index is 0.00000264. The number of guanidine groups is 1. The smallest absolute Gasteiger partial charge is 0.239 e. The van der Waals surface area contributed by atoms with E-state index in [1.165, 1.54) is 6.42 Å². The predicted octanol–water partition coefficient (Wildman–Crippen LogP) is 1.50. The lowest BCUT2D eigenvalue weighted by Crippen LogP contribution is -2.71. The first kappa shape index (κ1) is 20.5. The highest BCUT2D eigenvalue weighted by Crippen LogP contribution is 2.51. The van der Waals surface area contributed by atoms with Crippen molar-refractivity contribution in [3.05, 3.63) is 0 Å². The summed E-state index contributed by atoms with van der Waals surface area (Å²) in [5.41, 5.74) is 0.0862. The lowest BCUT2D eigenvalue weighted by molar-refractivity contribution is -0.188. The summed E-state index contributed by atoms with van der Waals surface area (Å²) in [7, 11) is 1.73. The molecule has 1 saturated carbocycles. The summed E-state index contributed by atoms with van der Waals surface area (Å²) in [6.45, 7) is 9.47. The molecule has 3 unspecified atom stereocenters. The molecule has 0 bridgehead atoms. The van der Waals surface area contributed by atoms with Crippen molar-refractivity contribution >= 4 is 35.8 Å². The number of ether oxygens (including phenoxy) is 1. The number of rotatable bonds is 4. The van der Waals surface area contributed by atoms with Crippen LogP contribution in [0.1, 0.15) is 40.5 Å². The van der Waals surface area contributed by atoms with Crippen LogP contribution >= 0.6 is 24.0 Å². The molecule has 0 aromatic rings. The van der Waals surface area contributed by atoms with Gasteiger partial charge in [-0.3, -0.25) is 9.79 Å². The summed E-state index contributed by atoms with van der Waals surface area (Å²) < 4.78 is 5.92. The van der Waals surface area contributed by atoms with Crippen LogP contribution in [0.15, 0.2) is 4.99 Å². The molecule has 2 aliphatic rings. The normalized spacial score (nSPS) is 29.0. The van der Waals surface area contributed by atoms with Crippen molar-refractivity contribution in [3.8, 4) is 0 Å². The van der Waals surface area contributed by atoms with Gasteiger partial charge in [-0.2, -0.15) is 0 Å². The number of fused-ring (bicyclic) bond motifs is 1. The molecule has 23 heavy (non-hydrogen) atoms. The Hall–Kier alpha value is -0.570. The van der Waals surface area contributed by atoms with Crippen LogP contribution < -0.4 is 16.0 Å². The Kier molecular flexibility index (Phi) is 7.57. The Bertz CT molecular complexity index is 440. The summed E-state index contributed by atoms with van der Waals surface area (Å²) in [5.74, 6) is 1.19. The van der Waals surface area contributed by atoms with Crippen molar-refractivity contribution in [1.29, 1.82) is 0 Å². The molecule has 6 nitrogen and oxygen atoms in total. The third kappa shape index (κ3) is 4.71. The van der Waals surface area contributed by atoms with E-state index >= 15 is 0 Å². The molecule has 1 saturated heterocycles. The molecule has 7 heteroatoms. The van der Waals surface area contributed by atoms with Crippen LogP contribution in [0.5, 0.6) is 0 Å². The molecular weight excluding hydrogens is 407 g/mol. The average molecular weight is 438 g/mol. The molecule has 0 spiro atoms. The SMILES string of the molecule is CN=C(NCC(=O)NC(C)C)NC1C2CCCOC2C1(C)C.I. The van der Waals surface area contributed by atoms with E-state index in [0.717, 1.165) is 13.0 Å². The minimum Gasteiger partial charge on any atom is -0.377 e. The van der Waals surface area contributed by atoms with Gasteiger partial charge in [0.05, 0.1) is 12.6 Å². The number of nitrogens with one attached hydrogen (secondary N) is 3. The van der Waals surface area contributed by atoms with Crippen LogP contribution in [0.3, 0.4) is 0 Å². The number of nitrogens with zero attached hydrogens (tertiary/aromatic N) is 1. The minimum atomic E-state index is -0.0234. The Morgan fingerprint density at radius 3 is 2.70 bits per heavy atom. The largest absolute Gasteiger partial charge is 0.377 e. The number of hydrogen-bond donors (Lipinski definition) is 3. The van der Waals surface area contributed by atoms with Crippen LogP contribution in [0.2, 0.25) is 0 Å². The quantitative estimate of drug-likeness (QED) is 0.354. The maximum Gasteiger partial charge on any atom is 0.239 e. The lowest BCUT2D eigenvalue weighted by Gasteiger charge is -2.60. The fourth-order valence-corrected chi connectivity index (χ4v) is 3.69. The first-order valence-electron chi connectivity index (χ1n) is 8.24. The summed E-state index contributed by atoms with van der Waals surface area (Å²) in [5, 5.41) is 9.43. The van der Waals surface area contributed by atoms with Crippen molar-refractivity contribution < 1.29 is 9.53 Å².